The summed E-state index contributed by atoms with van der Waals surface area (Å²) in [6, 6.07) is 18.9. The molecule has 3 aromatic carbocycles. The molecule has 2 saturated carbocycles. The lowest BCUT2D eigenvalue weighted by atomic mass is 9.70. The van der Waals surface area contributed by atoms with Crippen LogP contribution in [0.1, 0.15) is 75.2 Å². The zero-order chi connectivity index (χ0) is 43.6. The topological polar surface area (TPSA) is 94.2 Å². The first-order valence-corrected chi connectivity index (χ1v) is 24.9. The van der Waals surface area contributed by atoms with Crippen LogP contribution in [-0.4, -0.2) is 101 Å². The van der Waals surface area contributed by atoms with Gasteiger partial charge >= 0.3 is 6.18 Å². The highest BCUT2D eigenvalue weighted by Gasteiger charge is 2.54. The van der Waals surface area contributed by atoms with E-state index in [-0.39, 0.29) is 17.3 Å². The van der Waals surface area contributed by atoms with Crippen LogP contribution in [0.3, 0.4) is 0 Å². The van der Waals surface area contributed by atoms with Crippen molar-refractivity contribution in [2.75, 3.05) is 81.5 Å². The van der Waals surface area contributed by atoms with E-state index in [1.54, 1.807) is 35.0 Å². The second-order valence-corrected chi connectivity index (χ2v) is 21.8. The number of allylic oxidation sites excluding steroid dienone is 1. The molecule has 9 nitrogen and oxygen atoms in total. The van der Waals surface area contributed by atoms with Gasteiger partial charge in [0.05, 0.1) is 23.7 Å². The number of rotatable bonds is 15. The fourth-order valence-corrected chi connectivity index (χ4v) is 12.4. The number of benzene rings is 3. The van der Waals surface area contributed by atoms with E-state index in [1.807, 2.05) is 47.2 Å². The number of hydrogen-bond acceptors (Lipinski definition) is 9. The molecule has 1 amide bonds. The molecular formula is C48H62F3N5O4S2. The lowest BCUT2D eigenvalue weighted by Gasteiger charge is -2.40. The molecule has 4 fully saturated rings. The summed E-state index contributed by atoms with van der Waals surface area (Å²) in [5, 5.41) is 3.09. The van der Waals surface area contributed by atoms with Gasteiger partial charge in [-0.2, -0.15) is 13.2 Å². The molecule has 2 saturated heterocycles. The highest BCUT2D eigenvalue weighted by atomic mass is 32.2. The van der Waals surface area contributed by atoms with E-state index in [4.69, 9.17) is 4.74 Å². The number of amides is 1. The van der Waals surface area contributed by atoms with E-state index in [9.17, 15) is 26.4 Å². The van der Waals surface area contributed by atoms with Gasteiger partial charge < -0.3 is 15.0 Å². The smallest absolute Gasteiger partial charge is 0.381 e. The quantitative estimate of drug-likeness (QED) is 0.115. The first-order chi connectivity index (χ1) is 29.6. The van der Waals surface area contributed by atoms with Gasteiger partial charge in [0.25, 0.3) is 15.9 Å². The van der Waals surface area contributed by atoms with Crippen molar-refractivity contribution in [1.29, 1.82) is 0 Å². The SMILES string of the molecule is C[C@H]1C[C@@H](C2=C(CN3CCN(c4ccc(C(=O)NS(=O)(=O)c5ccc(N[C@H](CCN6CCOCC6)CSc6ccccc6)c(C(F)(F)F)c5)cc4)CC3)CC(C)(C)CC2)C2CC21. The molecule has 5 atom stereocenters. The number of sulfonamides is 1. The van der Waals surface area contributed by atoms with Crippen LogP contribution in [0.15, 0.2) is 93.7 Å². The van der Waals surface area contributed by atoms with Gasteiger partial charge in [-0.3, -0.25) is 14.6 Å². The Morgan fingerprint density at radius 1 is 0.919 bits per heavy atom. The lowest BCUT2D eigenvalue weighted by Crippen LogP contribution is -2.47. The molecule has 3 aliphatic carbocycles. The Labute approximate surface area is 370 Å². The Balaban J connectivity index is 0.885. The van der Waals surface area contributed by atoms with Crippen LogP contribution in [0.25, 0.3) is 0 Å². The van der Waals surface area contributed by atoms with Gasteiger partial charge in [0.2, 0.25) is 0 Å². The van der Waals surface area contributed by atoms with E-state index in [0.29, 0.717) is 43.4 Å². The molecule has 14 heteroatoms. The minimum atomic E-state index is -4.86. The Morgan fingerprint density at radius 3 is 2.31 bits per heavy atom. The minimum absolute atomic E-state index is 0.0998. The standard InChI is InChI=1S/C48H62F3N5O4S2/c1-33-27-42(43-29-41(33)43)40-15-17-47(2,3)30-35(40)31-55-19-21-56(22-20-55)37-11-9-34(10-12-37)46(57)53-62(58,59)39-13-14-45(44(28-39)48(49,50)51)52-36(16-18-54-23-25-60-26-24-54)32-61-38-7-5-4-6-8-38/h4-14,28,33,36,41-43,52H,15-27,29-32H2,1-3H3,(H,53,57)/t33-,36+,41?,42-,43?/m0/s1. The van der Waals surface area contributed by atoms with Gasteiger partial charge in [0.1, 0.15) is 0 Å². The Kier molecular flexibility index (Phi) is 13.7. The summed E-state index contributed by atoms with van der Waals surface area (Å²) < 4.78 is 78.2. The summed E-state index contributed by atoms with van der Waals surface area (Å²) in [7, 11) is -4.65. The number of carbonyl (C=O) groups is 1. The summed E-state index contributed by atoms with van der Waals surface area (Å²) in [4.78, 5) is 20.7. The number of morpholine rings is 1. The predicted molar refractivity (Wildman–Crippen MR) is 241 cm³/mol. The van der Waals surface area contributed by atoms with Crippen LogP contribution < -0.4 is 14.9 Å². The lowest BCUT2D eigenvalue weighted by molar-refractivity contribution is -0.137. The number of halogens is 3. The second-order valence-electron chi connectivity index (χ2n) is 19.0. The minimum Gasteiger partial charge on any atom is -0.381 e. The van der Waals surface area contributed by atoms with Crippen molar-refractivity contribution < 1.29 is 31.1 Å². The fraction of sp³-hybridized carbons (Fsp3) is 0.562. The Hall–Kier alpha value is -3.56. The monoisotopic (exact) mass is 893 g/mol. The van der Waals surface area contributed by atoms with Gasteiger partial charge in [0, 0.05) is 86.0 Å². The van der Waals surface area contributed by atoms with Crippen LogP contribution in [0, 0.1) is 29.1 Å². The molecule has 2 unspecified atom stereocenters. The maximum atomic E-state index is 14.6. The molecule has 2 aliphatic heterocycles. The maximum Gasteiger partial charge on any atom is 0.418 e. The van der Waals surface area contributed by atoms with Gasteiger partial charge in [-0.15, -0.1) is 11.8 Å². The van der Waals surface area contributed by atoms with Crippen LogP contribution in [0.4, 0.5) is 24.5 Å². The molecule has 0 radical (unpaired) electrons. The van der Waals surface area contributed by atoms with Crippen molar-refractivity contribution in [3.05, 3.63) is 95.1 Å². The first-order valence-electron chi connectivity index (χ1n) is 22.4. The van der Waals surface area contributed by atoms with Gasteiger partial charge in [-0.25, -0.2) is 13.1 Å². The van der Waals surface area contributed by atoms with Gasteiger partial charge in [0.15, 0.2) is 0 Å². The summed E-state index contributed by atoms with van der Waals surface area (Å²) in [6.45, 7) is 15.3. The maximum absolute atomic E-state index is 14.6. The fourth-order valence-electron chi connectivity index (χ4n) is 10.4. The second kappa shape index (κ2) is 18.9. The average Bonchev–Trinajstić information content (AvgIpc) is 3.99. The van der Waals surface area contributed by atoms with E-state index in [2.05, 4.69) is 40.8 Å². The third-order valence-corrected chi connectivity index (χ3v) is 16.5. The van der Waals surface area contributed by atoms with Crippen LogP contribution in [-0.2, 0) is 20.9 Å². The van der Waals surface area contributed by atoms with Crippen LogP contribution in [0.5, 0.6) is 0 Å². The zero-order valence-corrected chi connectivity index (χ0v) is 37.9. The van der Waals surface area contributed by atoms with Crippen molar-refractivity contribution in [3.63, 3.8) is 0 Å². The Morgan fingerprint density at radius 2 is 1.65 bits per heavy atom. The average molecular weight is 894 g/mol. The molecule has 62 heavy (non-hydrogen) atoms. The summed E-state index contributed by atoms with van der Waals surface area (Å²) in [5.41, 5.74) is 3.51. The number of piperazine rings is 1. The van der Waals surface area contributed by atoms with Crippen molar-refractivity contribution in [2.24, 2.45) is 29.1 Å². The van der Waals surface area contributed by atoms with E-state index >= 15 is 0 Å². The number of fused-ring (bicyclic) bond motifs is 1. The molecule has 0 spiro atoms. The number of carbonyl (C=O) groups excluding carboxylic acids is 1. The highest BCUT2D eigenvalue weighted by Crippen LogP contribution is 2.62. The zero-order valence-electron chi connectivity index (χ0n) is 36.3. The number of alkyl halides is 3. The molecule has 5 aliphatic rings. The number of nitrogens with zero attached hydrogens (tertiary/aromatic N) is 3. The van der Waals surface area contributed by atoms with Crippen molar-refractivity contribution in [3.8, 4) is 0 Å². The van der Waals surface area contributed by atoms with Crippen LogP contribution in [0.2, 0.25) is 0 Å². The van der Waals surface area contributed by atoms with E-state index < -0.39 is 32.6 Å². The molecule has 336 valence electrons. The molecule has 3 aromatic rings. The largest absolute Gasteiger partial charge is 0.418 e. The number of nitrogens with one attached hydrogen (secondary N) is 2. The number of anilines is 2. The summed E-state index contributed by atoms with van der Waals surface area (Å²) in [5.74, 6) is 3.10. The highest BCUT2D eigenvalue weighted by molar-refractivity contribution is 7.99. The number of ether oxygens (including phenoxy) is 1. The third kappa shape index (κ3) is 11.0. The molecule has 8 rings (SSSR count). The summed E-state index contributed by atoms with van der Waals surface area (Å²) in [6.07, 6.45) is 2.19. The van der Waals surface area contributed by atoms with Crippen molar-refractivity contribution in [1.82, 2.24) is 14.5 Å². The van der Waals surface area contributed by atoms with Crippen molar-refractivity contribution >= 4 is 39.1 Å². The molecular weight excluding hydrogens is 832 g/mol. The van der Waals surface area contributed by atoms with Gasteiger partial charge in [-0.1, -0.05) is 50.1 Å². The molecule has 0 bridgehead atoms. The third-order valence-electron chi connectivity index (χ3n) is 14.0. The predicted octanol–water partition coefficient (Wildman–Crippen LogP) is 9.04. The van der Waals surface area contributed by atoms with Crippen molar-refractivity contribution in [2.45, 2.75) is 81.3 Å². The number of thioether (sulfide) groups is 1. The normalized spacial score (nSPS) is 25.0. The van der Waals surface area contributed by atoms with Crippen LogP contribution >= 0.6 is 11.8 Å². The molecule has 2 heterocycles. The summed E-state index contributed by atoms with van der Waals surface area (Å²) >= 11 is 1.54. The van der Waals surface area contributed by atoms with Gasteiger partial charge in [-0.05, 0) is 122 Å². The Bertz CT molecular complexity index is 2170. The molecule has 2 N–H and O–H groups in total. The number of hydrogen-bond donors (Lipinski definition) is 2. The van der Waals surface area contributed by atoms with E-state index in [0.717, 1.165) is 92.2 Å². The van der Waals surface area contributed by atoms with E-state index in [1.165, 1.54) is 32.1 Å². The molecule has 0 aromatic heterocycles. The first kappa shape index (κ1) is 45.0.